The number of likely N-dealkylation sites (tertiary alicyclic amines) is 1. The molecule has 0 bridgehead atoms. The second kappa shape index (κ2) is 6.39. The van der Waals surface area contributed by atoms with Crippen LogP contribution in [-0.4, -0.2) is 40.9 Å². The molecule has 2 heterocycles. The van der Waals surface area contributed by atoms with Gasteiger partial charge >= 0.3 is 0 Å². The van der Waals surface area contributed by atoms with E-state index in [4.69, 9.17) is 11.6 Å². The number of likely N-dealkylation sites (N-methyl/N-ethyl adjacent to an activating group) is 1. The van der Waals surface area contributed by atoms with E-state index in [1.165, 1.54) is 23.9 Å². The van der Waals surface area contributed by atoms with Gasteiger partial charge in [-0.3, -0.25) is 4.79 Å². The topological polar surface area (TPSA) is 50.2 Å². The summed E-state index contributed by atoms with van der Waals surface area (Å²) in [6.07, 6.45) is 5.35. The number of halogens is 1. The number of anilines is 1. The molecule has 1 aromatic rings. The summed E-state index contributed by atoms with van der Waals surface area (Å²) in [7, 11) is 2.14. The molecule has 1 aliphatic rings. The monoisotopic (exact) mass is 284 g/mol. The number of hydrogen-bond acceptors (Lipinski definition) is 4. The minimum atomic E-state index is -0.230. The molecule has 0 saturated carbocycles. The summed E-state index contributed by atoms with van der Waals surface area (Å²) in [4.78, 5) is 14.2. The molecule has 0 aliphatic carbocycles. The zero-order valence-electron chi connectivity index (χ0n) is 11.5. The Hall–Kier alpha value is -1.07. The van der Waals surface area contributed by atoms with Crippen LogP contribution in [0.4, 0.5) is 5.69 Å². The Kier molecular flexibility index (Phi) is 4.82. The summed E-state index contributed by atoms with van der Waals surface area (Å²) in [5.41, 5.74) is 0.404. The lowest BCUT2D eigenvalue weighted by molar-refractivity contribution is 0.194. The summed E-state index contributed by atoms with van der Waals surface area (Å²) in [6.45, 7) is 4.34. The standard InChI is InChI=1S/C13H21ClN4O/c1-3-18-13(19)12(14)11(9-16-18)15-8-10-6-4-5-7-17(10)2/h9-10,15H,3-8H2,1-2H3. The maximum Gasteiger partial charge on any atom is 0.287 e. The van der Waals surface area contributed by atoms with Crippen molar-refractivity contribution in [2.45, 2.75) is 38.8 Å². The van der Waals surface area contributed by atoms with Crippen LogP contribution >= 0.6 is 11.6 Å². The van der Waals surface area contributed by atoms with Crippen molar-refractivity contribution < 1.29 is 0 Å². The summed E-state index contributed by atoms with van der Waals surface area (Å²) >= 11 is 6.08. The molecule has 2 rings (SSSR count). The molecular formula is C13H21ClN4O. The van der Waals surface area contributed by atoms with Crippen molar-refractivity contribution in [3.63, 3.8) is 0 Å². The molecule has 106 valence electrons. The van der Waals surface area contributed by atoms with Gasteiger partial charge in [0.05, 0.1) is 11.9 Å². The SMILES string of the molecule is CCn1ncc(NCC2CCCCN2C)c(Cl)c1=O. The highest BCUT2D eigenvalue weighted by atomic mass is 35.5. The molecule has 5 nitrogen and oxygen atoms in total. The third kappa shape index (κ3) is 3.28. The van der Waals surface area contributed by atoms with E-state index in [9.17, 15) is 4.79 Å². The lowest BCUT2D eigenvalue weighted by Gasteiger charge is -2.32. The Labute approximate surface area is 118 Å². The normalized spacial score (nSPS) is 20.5. The lowest BCUT2D eigenvalue weighted by Crippen LogP contribution is -2.41. The van der Waals surface area contributed by atoms with Gasteiger partial charge in [-0.15, -0.1) is 0 Å². The summed E-state index contributed by atoms with van der Waals surface area (Å²) in [5.74, 6) is 0. The first-order chi connectivity index (χ1) is 9.13. The van der Waals surface area contributed by atoms with Gasteiger partial charge in [0.25, 0.3) is 5.56 Å². The highest BCUT2D eigenvalue weighted by Gasteiger charge is 2.19. The second-order valence-corrected chi connectivity index (χ2v) is 5.38. The molecule has 0 radical (unpaired) electrons. The van der Waals surface area contributed by atoms with Gasteiger partial charge in [-0.1, -0.05) is 18.0 Å². The summed E-state index contributed by atoms with van der Waals surface area (Å²) in [5, 5.41) is 7.57. The van der Waals surface area contributed by atoms with Gasteiger partial charge in [-0.2, -0.15) is 5.10 Å². The van der Waals surface area contributed by atoms with Crippen molar-refractivity contribution in [2.24, 2.45) is 0 Å². The highest BCUT2D eigenvalue weighted by Crippen LogP contribution is 2.18. The Morgan fingerprint density at radius 1 is 1.53 bits per heavy atom. The van der Waals surface area contributed by atoms with Gasteiger partial charge in [0.15, 0.2) is 0 Å². The van der Waals surface area contributed by atoms with Crippen LogP contribution in [0.2, 0.25) is 5.02 Å². The Morgan fingerprint density at radius 2 is 2.32 bits per heavy atom. The number of aryl methyl sites for hydroxylation is 1. The van der Waals surface area contributed by atoms with Crippen LogP contribution in [0.5, 0.6) is 0 Å². The van der Waals surface area contributed by atoms with E-state index >= 15 is 0 Å². The quantitative estimate of drug-likeness (QED) is 0.916. The van der Waals surface area contributed by atoms with Gasteiger partial charge in [0, 0.05) is 19.1 Å². The fourth-order valence-corrected chi connectivity index (χ4v) is 2.66. The van der Waals surface area contributed by atoms with Crippen LogP contribution in [0.1, 0.15) is 26.2 Å². The number of rotatable bonds is 4. The molecule has 1 fully saturated rings. The zero-order valence-corrected chi connectivity index (χ0v) is 12.3. The van der Waals surface area contributed by atoms with Crippen LogP contribution in [0.3, 0.4) is 0 Å². The average Bonchev–Trinajstić information content (AvgIpc) is 2.42. The molecule has 1 N–H and O–H groups in total. The fourth-order valence-electron chi connectivity index (χ4n) is 2.44. The predicted octanol–water partition coefficient (Wildman–Crippen LogP) is 1.81. The van der Waals surface area contributed by atoms with Crippen molar-refractivity contribution in [3.05, 3.63) is 21.6 Å². The number of nitrogens with one attached hydrogen (secondary N) is 1. The van der Waals surface area contributed by atoms with Crippen molar-refractivity contribution in [3.8, 4) is 0 Å². The molecule has 1 aliphatic heterocycles. The number of piperidine rings is 1. The van der Waals surface area contributed by atoms with Crippen molar-refractivity contribution in [1.82, 2.24) is 14.7 Å². The minimum absolute atomic E-state index is 0.230. The second-order valence-electron chi connectivity index (χ2n) is 5.00. The molecule has 6 heteroatoms. The third-order valence-corrected chi connectivity index (χ3v) is 4.10. The molecule has 0 amide bonds. The van der Waals surface area contributed by atoms with Gasteiger partial charge in [0.1, 0.15) is 5.02 Å². The summed E-state index contributed by atoms with van der Waals surface area (Å²) in [6, 6.07) is 0.499. The van der Waals surface area contributed by atoms with E-state index in [-0.39, 0.29) is 10.6 Å². The van der Waals surface area contributed by atoms with Crippen LogP contribution in [0, 0.1) is 0 Å². The largest absolute Gasteiger partial charge is 0.381 e. The third-order valence-electron chi connectivity index (χ3n) is 3.73. The van der Waals surface area contributed by atoms with Crippen LogP contribution < -0.4 is 10.9 Å². The van der Waals surface area contributed by atoms with Crippen molar-refractivity contribution >= 4 is 17.3 Å². The number of hydrogen-bond donors (Lipinski definition) is 1. The first-order valence-corrected chi connectivity index (χ1v) is 7.21. The van der Waals surface area contributed by atoms with E-state index in [1.807, 2.05) is 6.92 Å². The van der Waals surface area contributed by atoms with Crippen molar-refractivity contribution in [2.75, 3.05) is 25.5 Å². The smallest absolute Gasteiger partial charge is 0.287 e. The lowest BCUT2D eigenvalue weighted by atomic mass is 10.0. The molecule has 0 aromatic carbocycles. The van der Waals surface area contributed by atoms with E-state index in [1.54, 1.807) is 6.20 Å². The van der Waals surface area contributed by atoms with E-state index in [0.717, 1.165) is 13.1 Å². The van der Waals surface area contributed by atoms with Gasteiger partial charge in [0.2, 0.25) is 0 Å². The Bertz CT molecular complexity index is 488. The molecular weight excluding hydrogens is 264 g/mol. The molecule has 1 saturated heterocycles. The van der Waals surface area contributed by atoms with Gasteiger partial charge in [-0.05, 0) is 33.4 Å². The number of aromatic nitrogens is 2. The zero-order chi connectivity index (χ0) is 13.8. The molecule has 0 spiro atoms. The first-order valence-electron chi connectivity index (χ1n) is 6.83. The Morgan fingerprint density at radius 3 is 3.00 bits per heavy atom. The average molecular weight is 285 g/mol. The number of nitrogens with zero attached hydrogens (tertiary/aromatic N) is 3. The highest BCUT2D eigenvalue weighted by molar-refractivity contribution is 6.32. The van der Waals surface area contributed by atoms with E-state index < -0.39 is 0 Å². The maximum absolute atomic E-state index is 11.9. The summed E-state index contributed by atoms with van der Waals surface area (Å²) < 4.78 is 1.36. The first kappa shape index (κ1) is 14.3. The van der Waals surface area contributed by atoms with E-state index in [2.05, 4.69) is 22.4 Å². The predicted molar refractivity (Wildman–Crippen MR) is 77.9 cm³/mol. The van der Waals surface area contributed by atoms with Crippen LogP contribution in [0.25, 0.3) is 0 Å². The molecule has 1 unspecified atom stereocenters. The van der Waals surface area contributed by atoms with Gasteiger partial charge in [-0.25, -0.2) is 4.68 Å². The van der Waals surface area contributed by atoms with Crippen LogP contribution in [-0.2, 0) is 6.54 Å². The maximum atomic E-state index is 11.9. The van der Waals surface area contributed by atoms with Crippen LogP contribution in [0.15, 0.2) is 11.0 Å². The minimum Gasteiger partial charge on any atom is -0.381 e. The Balaban J connectivity index is 2.03. The van der Waals surface area contributed by atoms with Crippen molar-refractivity contribution in [1.29, 1.82) is 0 Å². The fraction of sp³-hybridized carbons (Fsp3) is 0.692. The molecule has 1 aromatic heterocycles. The van der Waals surface area contributed by atoms with E-state index in [0.29, 0.717) is 18.3 Å². The van der Waals surface area contributed by atoms with Gasteiger partial charge < -0.3 is 10.2 Å². The molecule has 1 atom stereocenters. The molecule has 19 heavy (non-hydrogen) atoms.